The lowest BCUT2D eigenvalue weighted by atomic mass is 9.53. The number of thioether (sulfide) groups is 1. The predicted octanol–water partition coefficient (Wildman–Crippen LogP) is 3.83. The summed E-state index contributed by atoms with van der Waals surface area (Å²) in [5, 5.41) is 5.77. The van der Waals surface area contributed by atoms with Gasteiger partial charge in [0.1, 0.15) is 6.04 Å². The van der Waals surface area contributed by atoms with Gasteiger partial charge in [-0.3, -0.25) is 29.5 Å². The highest BCUT2D eigenvalue weighted by Crippen LogP contribution is 2.55. The molecule has 2 aromatic rings. The Morgan fingerprint density at radius 1 is 1.05 bits per heavy atom. The average Bonchev–Trinajstić information content (AvgIpc) is 3.23. The molecule has 1 saturated heterocycles. The minimum atomic E-state index is -0.626. The van der Waals surface area contributed by atoms with E-state index in [0.29, 0.717) is 29.8 Å². The number of nitrogens with one attached hydrogen (secondary N) is 2. The molecule has 202 valence electrons. The molecule has 6 aliphatic rings. The van der Waals surface area contributed by atoms with Crippen molar-refractivity contribution in [3.05, 3.63) is 58.9 Å². The number of hydrogen-bond donors (Lipinski definition) is 2. The second-order valence-corrected chi connectivity index (χ2v) is 13.2. The maximum atomic E-state index is 13.1. The third-order valence-electron chi connectivity index (χ3n) is 9.42. The fraction of sp³-hybridized carbons (Fsp3) is 0.500. The van der Waals surface area contributed by atoms with Gasteiger partial charge in [0.15, 0.2) is 0 Å². The van der Waals surface area contributed by atoms with Gasteiger partial charge < -0.3 is 10.2 Å². The zero-order chi connectivity index (χ0) is 26.7. The molecule has 1 aromatic heterocycles. The second kappa shape index (κ2) is 9.47. The molecule has 1 unspecified atom stereocenters. The third kappa shape index (κ3) is 4.54. The lowest BCUT2D eigenvalue weighted by molar-refractivity contribution is -0.136. The first-order valence-corrected chi connectivity index (χ1v) is 15.0. The van der Waals surface area contributed by atoms with Crippen molar-refractivity contribution in [2.24, 2.45) is 17.8 Å². The Kier molecular flexibility index (Phi) is 6.02. The van der Waals surface area contributed by atoms with E-state index < -0.39 is 11.9 Å². The van der Waals surface area contributed by atoms with Crippen LogP contribution in [-0.4, -0.2) is 45.1 Å². The number of carbonyl (C=O) groups is 4. The van der Waals surface area contributed by atoms with Gasteiger partial charge >= 0.3 is 0 Å². The second-order valence-electron chi connectivity index (χ2n) is 12.2. The van der Waals surface area contributed by atoms with Crippen LogP contribution in [0.5, 0.6) is 0 Å². The molecule has 4 bridgehead atoms. The van der Waals surface area contributed by atoms with Crippen molar-refractivity contribution in [3.63, 3.8) is 0 Å². The van der Waals surface area contributed by atoms with Crippen LogP contribution in [0.15, 0.2) is 41.4 Å². The van der Waals surface area contributed by atoms with E-state index in [4.69, 9.17) is 0 Å². The van der Waals surface area contributed by atoms with Gasteiger partial charge in [-0.2, -0.15) is 0 Å². The molecular weight excluding hydrogens is 512 g/mol. The Balaban J connectivity index is 0.995. The number of pyridine rings is 1. The van der Waals surface area contributed by atoms with Gasteiger partial charge in [-0.15, -0.1) is 11.8 Å². The quantitative estimate of drug-likeness (QED) is 0.423. The smallest absolute Gasteiger partial charge is 0.255 e. The number of rotatable bonds is 6. The summed E-state index contributed by atoms with van der Waals surface area (Å²) in [6, 6.07) is 8.78. The van der Waals surface area contributed by atoms with E-state index in [2.05, 4.69) is 15.6 Å². The van der Waals surface area contributed by atoms with Gasteiger partial charge in [0.2, 0.25) is 11.8 Å². The first-order valence-electron chi connectivity index (χ1n) is 14.0. The van der Waals surface area contributed by atoms with Crippen molar-refractivity contribution in [2.45, 2.75) is 80.1 Å². The number of amides is 4. The van der Waals surface area contributed by atoms with E-state index in [1.54, 1.807) is 28.9 Å². The van der Waals surface area contributed by atoms with Gasteiger partial charge in [0.25, 0.3) is 11.8 Å². The van der Waals surface area contributed by atoms with E-state index in [1.165, 1.54) is 19.3 Å². The van der Waals surface area contributed by atoms with Crippen LogP contribution in [0.4, 0.5) is 0 Å². The Hall–Kier alpha value is -3.20. The number of aromatic nitrogens is 1. The summed E-state index contributed by atoms with van der Waals surface area (Å²) >= 11 is 1.59. The van der Waals surface area contributed by atoms with Gasteiger partial charge in [-0.05, 0) is 92.5 Å². The van der Waals surface area contributed by atoms with Crippen LogP contribution in [0.3, 0.4) is 0 Å². The number of imide groups is 1. The topological polar surface area (TPSA) is 108 Å². The molecular formula is C30H32N4O4S. The van der Waals surface area contributed by atoms with Crippen LogP contribution in [-0.2, 0) is 21.9 Å². The van der Waals surface area contributed by atoms with Gasteiger partial charge in [-0.25, -0.2) is 0 Å². The first kappa shape index (κ1) is 24.8. The van der Waals surface area contributed by atoms with Crippen LogP contribution < -0.4 is 10.6 Å². The van der Waals surface area contributed by atoms with Crippen LogP contribution in [0, 0.1) is 17.8 Å². The summed E-state index contributed by atoms with van der Waals surface area (Å²) in [6.07, 6.45) is 9.66. The molecule has 1 atom stereocenters. The standard InChI is InChI=1S/C30H32N4O4S/c35-26-7-6-24(28(37)32-26)34-15-23-22(29(34)38)2-1-3-25(23)39-16-21-5-4-20(14-31-21)27(36)33-30-11-17-8-18(12-30)10-19(9-17)13-30/h1-5,14,17-19,24H,6-13,15-16H2,(H,33,36)(H,32,35,37). The molecule has 4 saturated carbocycles. The van der Waals surface area contributed by atoms with Crippen molar-refractivity contribution < 1.29 is 19.2 Å². The SMILES string of the molecule is O=C1CCC(N2Cc3c(SCc4ccc(C(=O)NC56CC7CC(CC(C7)C5)C6)cn4)cccc3C2=O)C(=O)N1. The van der Waals surface area contributed by atoms with Crippen molar-refractivity contribution in [1.29, 1.82) is 0 Å². The Labute approximate surface area is 231 Å². The van der Waals surface area contributed by atoms with Crippen LogP contribution in [0.1, 0.15) is 83.3 Å². The van der Waals surface area contributed by atoms with E-state index in [-0.39, 0.29) is 29.7 Å². The van der Waals surface area contributed by atoms with Crippen molar-refractivity contribution in [1.82, 2.24) is 20.5 Å². The lowest BCUT2D eigenvalue weighted by Crippen LogP contribution is -2.59. The van der Waals surface area contributed by atoms with Gasteiger partial charge in [-0.1, -0.05) is 6.07 Å². The van der Waals surface area contributed by atoms with Crippen molar-refractivity contribution in [3.8, 4) is 0 Å². The highest BCUT2D eigenvalue weighted by atomic mass is 32.2. The summed E-state index contributed by atoms with van der Waals surface area (Å²) in [5.41, 5.74) is 2.95. The molecule has 4 amide bonds. The van der Waals surface area contributed by atoms with E-state index in [0.717, 1.165) is 53.2 Å². The number of nitrogens with zero attached hydrogens (tertiary/aromatic N) is 2. The molecule has 4 aliphatic carbocycles. The average molecular weight is 545 g/mol. The Morgan fingerprint density at radius 3 is 2.46 bits per heavy atom. The maximum absolute atomic E-state index is 13.1. The molecule has 9 heteroatoms. The van der Waals surface area contributed by atoms with Gasteiger partial charge in [0.05, 0.1) is 11.3 Å². The number of benzene rings is 1. The molecule has 5 fully saturated rings. The highest BCUT2D eigenvalue weighted by molar-refractivity contribution is 7.98. The minimum absolute atomic E-state index is 0.0171. The minimum Gasteiger partial charge on any atom is -0.347 e. The molecule has 3 heterocycles. The highest BCUT2D eigenvalue weighted by Gasteiger charge is 2.51. The summed E-state index contributed by atoms with van der Waals surface area (Å²) in [4.78, 5) is 57.3. The zero-order valence-corrected chi connectivity index (χ0v) is 22.6. The van der Waals surface area contributed by atoms with E-state index in [1.807, 2.05) is 24.3 Å². The number of carbonyl (C=O) groups excluding carboxylic acids is 4. The molecule has 0 radical (unpaired) electrons. The number of piperidine rings is 1. The fourth-order valence-electron chi connectivity index (χ4n) is 8.07. The first-order chi connectivity index (χ1) is 18.9. The van der Waals surface area contributed by atoms with Gasteiger partial charge in [0, 0.05) is 40.9 Å². The number of fused-ring (bicyclic) bond motifs is 1. The lowest BCUT2D eigenvalue weighted by Gasteiger charge is -2.56. The normalized spacial score (nSPS) is 30.9. The molecule has 0 spiro atoms. The summed E-state index contributed by atoms with van der Waals surface area (Å²) in [6.45, 7) is 0.348. The Morgan fingerprint density at radius 2 is 1.79 bits per heavy atom. The van der Waals surface area contributed by atoms with Crippen molar-refractivity contribution in [2.75, 3.05) is 0 Å². The van der Waals surface area contributed by atoms with Crippen LogP contribution in [0.2, 0.25) is 0 Å². The molecule has 1 aromatic carbocycles. The van der Waals surface area contributed by atoms with E-state index in [9.17, 15) is 19.2 Å². The monoisotopic (exact) mass is 544 g/mol. The molecule has 8 nitrogen and oxygen atoms in total. The van der Waals surface area contributed by atoms with Crippen molar-refractivity contribution >= 4 is 35.4 Å². The largest absolute Gasteiger partial charge is 0.347 e. The van der Waals surface area contributed by atoms with E-state index >= 15 is 0 Å². The molecule has 39 heavy (non-hydrogen) atoms. The summed E-state index contributed by atoms with van der Waals surface area (Å²) in [7, 11) is 0. The van der Waals surface area contributed by atoms with Crippen LogP contribution in [0.25, 0.3) is 0 Å². The Bertz CT molecular complexity index is 1340. The summed E-state index contributed by atoms with van der Waals surface area (Å²) in [5.74, 6) is 2.05. The molecule has 2 N–H and O–H groups in total. The maximum Gasteiger partial charge on any atom is 0.255 e. The number of hydrogen-bond acceptors (Lipinski definition) is 6. The molecule has 2 aliphatic heterocycles. The summed E-state index contributed by atoms with van der Waals surface area (Å²) < 4.78 is 0. The molecule has 8 rings (SSSR count). The predicted molar refractivity (Wildman–Crippen MR) is 145 cm³/mol. The zero-order valence-electron chi connectivity index (χ0n) is 21.8. The van der Waals surface area contributed by atoms with Crippen LogP contribution >= 0.6 is 11.8 Å². The fourth-order valence-corrected chi connectivity index (χ4v) is 9.06. The third-order valence-corrected chi connectivity index (χ3v) is 10.6.